The number of carbonyl (C=O) groups excluding carboxylic acids is 2. The first-order chi connectivity index (χ1) is 12.1. The van der Waals surface area contributed by atoms with Crippen LogP contribution in [-0.4, -0.2) is 35.7 Å². The van der Waals surface area contributed by atoms with E-state index >= 15 is 0 Å². The van der Waals surface area contributed by atoms with E-state index in [4.69, 9.17) is 9.26 Å². The van der Waals surface area contributed by atoms with Crippen LogP contribution < -0.4 is 10.1 Å². The van der Waals surface area contributed by atoms with E-state index < -0.39 is 5.97 Å². The topological polar surface area (TPSA) is 104 Å². The molecule has 8 heteroatoms. The second-order valence-corrected chi connectivity index (χ2v) is 5.30. The van der Waals surface area contributed by atoms with Gasteiger partial charge in [-0.3, -0.25) is 4.79 Å². The molecule has 25 heavy (non-hydrogen) atoms. The molecule has 0 aliphatic carbocycles. The average molecular weight is 347 g/mol. The van der Waals surface area contributed by atoms with Crippen LogP contribution in [0.3, 0.4) is 0 Å². The van der Waals surface area contributed by atoms with E-state index in [1.54, 1.807) is 24.3 Å². The van der Waals surface area contributed by atoms with Crippen molar-refractivity contribution in [3.05, 3.63) is 36.0 Å². The third-order valence-corrected chi connectivity index (χ3v) is 3.25. The molecule has 0 spiro atoms. The van der Waals surface area contributed by atoms with Crippen molar-refractivity contribution in [1.82, 2.24) is 10.1 Å². The zero-order chi connectivity index (χ0) is 18.1. The molecule has 0 atom stereocenters. The van der Waals surface area contributed by atoms with Crippen molar-refractivity contribution in [2.45, 2.75) is 32.6 Å². The van der Waals surface area contributed by atoms with Crippen LogP contribution in [0.5, 0.6) is 5.75 Å². The predicted octanol–water partition coefficient (Wildman–Crippen LogP) is 2.15. The summed E-state index contributed by atoms with van der Waals surface area (Å²) in [5, 5.41) is 6.61. The molecule has 0 radical (unpaired) electrons. The van der Waals surface area contributed by atoms with Gasteiger partial charge in [0.1, 0.15) is 5.75 Å². The van der Waals surface area contributed by atoms with E-state index in [1.165, 1.54) is 7.11 Å². The number of ether oxygens (including phenoxy) is 2. The number of benzene rings is 1. The smallest absolute Gasteiger partial charge is 0.343 e. The molecule has 1 amide bonds. The fourth-order valence-electron chi connectivity index (χ4n) is 2.03. The first-order valence-corrected chi connectivity index (χ1v) is 8.01. The highest BCUT2D eigenvalue weighted by Crippen LogP contribution is 2.17. The summed E-state index contributed by atoms with van der Waals surface area (Å²) < 4.78 is 14.9. The molecule has 1 aromatic heterocycles. The lowest BCUT2D eigenvalue weighted by molar-refractivity contribution is -0.142. The van der Waals surface area contributed by atoms with Gasteiger partial charge in [0.05, 0.1) is 7.11 Å². The standard InChI is InChI=1S/C17H21N3O5/c1-3-5-14-19-16(25-20-14)9-8-15(21)18-12-6-4-7-13(10-12)24-11-17(22)23-2/h4,6-7,10H,3,5,8-9,11H2,1-2H3,(H,18,21). The Labute approximate surface area is 145 Å². The van der Waals surface area contributed by atoms with E-state index in [1.807, 2.05) is 6.92 Å². The lowest BCUT2D eigenvalue weighted by Gasteiger charge is -2.08. The Morgan fingerprint density at radius 2 is 2.12 bits per heavy atom. The number of methoxy groups -OCH3 is 1. The Hall–Kier alpha value is -2.90. The molecule has 134 valence electrons. The van der Waals surface area contributed by atoms with Crippen molar-refractivity contribution in [1.29, 1.82) is 0 Å². The van der Waals surface area contributed by atoms with Crippen LogP contribution in [0.1, 0.15) is 31.5 Å². The summed E-state index contributed by atoms with van der Waals surface area (Å²) in [5.41, 5.74) is 0.574. The minimum absolute atomic E-state index is 0.180. The summed E-state index contributed by atoms with van der Waals surface area (Å²) >= 11 is 0. The maximum absolute atomic E-state index is 12.0. The zero-order valence-electron chi connectivity index (χ0n) is 14.3. The molecule has 0 aliphatic rings. The Morgan fingerprint density at radius 3 is 2.88 bits per heavy atom. The highest BCUT2D eigenvalue weighted by atomic mass is 16.6. The lowest BCUT2D eigenvalue weighted by atomic mass is 10.2. The van der Waals surface area contributed by atoms with E-state index in [0.29, 0.717) is 29.6 Å². The molecule has 0 fully saturated rings. The van der Waals surface area contributed by atoms with Crippen LogP contribution in [0.15, 0.2) is 28.8 Å². The lowest BCUT2D eigenvalue weighted by Crippen LogP contribution is -2.14. The van der Waals surface area contributed by atoms with E-state index in [0.717, 1.165) is 12.8 Å². The SMILES string of the molecule is CCCc1noc(CCC(=O)Nc2cccc(OCC(=O)OC)c2)n1. The van der Waals surface area contributed by atoms with Crippen molar-refractivity contribution >= 4 is 17.6 Å². The molecule has 2 aromatic rings. The minimum Gasteiger partial charge on any atom is -0.482 e. The highest BCUT2D eigenvalue weighted by molar-refractivity contribution is 5.90. The third-order valence-electron chi connectivity index (χ3n) is 3.25. The van der Waals surface area contributed by atoms with Gasteiger partial charge in [-0.05, 0) is 18.6 Å². The van der Waals surface area contributed by atoms with Gasteiger partial charge in [-0.1, -0.05) is 18.1 Å². The van der Waals surface area contributed by atoms with Crippen LogP contribution in [-0.2, 0) is 27.2 Å². The van der Waals surface area contributed by atoms with Crippen LogP contribution in [0.25, 0.3) is 0 Å². The maximum Gasteiger partial charge on any atom is 0.343 e. The van der Waals surface area contributed by atoms with E-state index in [9.17, 15) is 9.59 Å². The highest BCUT2D eigenvalue weighted by Gasteiger charge is 2.10. The summed E-state index contributed by atoms with van der Waals surface area (Å²) in [5.74, 6) is 0.920. The first-order valence-electron chi connectivity index (χ1n) is 8.01. The molecule has 0 bridgehead atoms. The summed E-state index contributed by atoms with van der Waals surface area (Å²) in [4.78, 5) is 27.3. The molecule has 0 aliphatic heterocycles. The normalized spacial score (nSPS) is 10.3. The third kappa shape index (κ3) is 6.25. The molecule has 0 saturated heterocycles. The summed E-state index contributed by atoms with van der Waals surface area (Å²) in [6.07, 6.45) is 2.30. The van der Waals surface area contributed by atoms with Gasteiger partial charge in [0.25, 0.3) is 0 Å². The molecule has 0 saturated carbocycles. The molecule has 1 N–H and O–H groups in total. The number of hydrogen-bond acceptors (Lipinski definition) is 7. The van der Waals surface area contributed by atoms with Gasteiger partial charge < -0.3 is 19.3 Å². The van der Waals surface area contributed by atoms with E-state index in [2.05, 4.69) is 20.2 Å². The quantitative estimate of drug-likeness (QED) is 0.693. The number of aromatic nitrogens is 2. The number of rotatable bonds is 9. The van der Waals surface area contributed by atoms with Crippen molar-refractivity contribution < 1.29 is 23.6 Å². The number of nitrogens with one attached hydrogen (secondary N) is 1. The molecular formula is C17H21N3O5. The molecule has 1 aromatic carbocycles. The first kappa shape index (κ1) is 18.4. The van der Waals surface area contributed by atoms with Crippen LogP contribution in [0, 0.1) is 0 Å². The number of hydrogen-bond donors (Lipinski definition) is 1. The summed E-state index contributed by atoms with van der Waals surface area (Å²) in [6.45, 7) is 1.84. The molecule has 1 heterocycles. The molecule has 8 nitrogen and oxygen atoms in total. The number of nitrogens with zero attached hydrogens (tertiary/aromatic N) is 2. The number of aryl methyl sites for hydroxylation is 2. The Morgan fingerprint density at radius 1 is 1.28 bits per heavy atom. The van der Waals surface area contributed by atoms with Crippen molar-refractivity contribution in [3.8, 4) is 5.75 Å². The van der Waals surface area contributed by atoms with Gasteiger partial charge >= 0.3 is 5.97 Å². The number of carbonyl (C=O) groups is 2. The second-order valence-electron chi connectivity index (χ2n) is 5.30. The van der Waals surface area contributed by atoms with Crippen LogP contribution >= 0.6 is 0 Å². The number of amides is 1. The largest absolute Gasteiger partial charge is 0.482 e. The Bertz CT molecular complexity index is 714. The zero-order valence-corrected chi connectivity index (χ0v) is 14.3. The monoisotopic (exact) mass is 347 g/mol. The predicted molar refractivity (Wildman–Crippen MR) is 89.2 cm³/mol. The van der Waals surface area contributed by atoms with Crippen LogP contribution in [0.4, 0.5) is 5.69 Å². The van der Waals surface area contributed by atoms with Gasteiger partial charge in [0.2, 0.25) is 11.8 Å². The number of anilines is 1. The van der Waals surface area contributed by atoms with E-state index in [-0.39, 0.29) is 18.9 Å². The fraction of sp³-hybridized carbons (Fsp3) is 0.412. The summed E-state index contributed by atoms with van der Waals surface area (Å²) in [7, 11) is 1.29. The van der Waals surface area contributed by atoms with Crippen molar-refractivity contribution in [2.75, 3.05) is 19.0 Å². The van der Waals surface area contributed by atoms with Crippen molar-refractivity contribution in [2.24, 2.45) is 0 Å². The van der Waals surface area contributed by atoms with Gasteiger partial charge in [0, 0.05) is 31.0 Å². The van der Waals surface area contributed by atoms with Gasteiger partial charge in [0.15, 0.2) is 12.4 Å². The molecule has 0 unspecified atom stereocenters. The average Bonchev–Trinajstić information content (AvgIpc) is 3.06. The fourth-order valence-corrected chi connectivity index (χ4v) is 2.03. The maximum atomic E-state index is 12.0. The minimum atomic E-state index is -0.476. The Kier molecular flexibility index (Phi) is 6.94. The number of esters is 1. The second kappa shape index (κ2) is 9.41. The summed E-state index contributed by atoms with van der Waals surface area (Å²) in [6, 6.07) is 6.77. The molecule has 2 rings (SSSR count). The van der Waals surface area contributed by atoms with Gasteiger partial charge in [-0.2, -0.15) is 4.98 Å². The Balaban J connectivity index is 1.82. The van der Waals surface area contributed by atoms with Gasteiger partial charge in [-0.25, -0.2) is 4.79 Å². The molecular weight excluding hydrogens is 326 g/mol. The van der Waals surface area contributed by atoms with Crippen LogP contribution in [0.2, 0.25) is 0 Å². The van der Waals surface area contributed by atoms with Crippen molar-refractivity contribution in [3.63, 3.8) is 0 Å². The van der Waals surface area contributed by atoms with Gasteiger partial charge in [-0.15, -0.1) is 0 Å².